The first-order valence-electron chi connectivity index (χ1n) is 10.4. The van der Waals surface area contributed by atoms with Crippen molar-refractivity contribution in [3.8, 4) is 22.6 Å². The fourth-order valence-corrected chi connectivity index (χ4v) is 2.75. The molecule has 0 aliphatic carbocycles. The van der Waals surface area contributed by atoms with Gasteiger partial charge in [-0.15, -0.1) is 0 Å². The number of aromatic nitrogens is 2. The zero-order valence-corrected chi connectivity index (χ0v) is 19.9. The van der Waals surface area contributed by atoms with Gasteiger partial charge in [-0.05, 0) is 13.8 Å². The number of hydrogen-bond acceptors (Lipinski definition) is 5. The molecule has 6 nitrogen and oxygen atoms in total. The first-order chi connectivity index (χ1) is 15.3. The van der Waals surface area contributed by atoms with Gasteiger partial charge in [0.05, 0.1) is 17.8 Å². The summed E-state index contributed by atoms with van der Waals surface area (Å²) in [7, 11) is 0. The quantitative estimate of drug-likeness (QED) is 0.360. The molecule has 0 radical (unpaired) electrons. The third kappa shape index (κ3) is 7.22. The second-order valence-electron chi connectivity index (χ2n) is 8.55. The van der Waals surface area contributed by atoms with Crippen molar-refractivity contribution in [2.75, 3.05) is 6.54 Å². The number of nitrogens with two attached hydrogens (primary N) is 1. The standard InChI is InChI=1S/C13H12N2O.C13H16N2O.Al.Li.4H/c1-13(2,14-3)12-15-9-11(16-12)10-7-5-4-6-8-10;1-13(2,9-14)12-15-8-11(16-12)10-6-4-3-5-7-10;;;;;;/h4-9H,1-2H3;3-8H,9,14H2,1-2H3;;;;;;/q;;;+1;;;;-1. The average Bonchev–Trinajstić information content (AvgIpc) is 3.52. The van der Waals surface area contributed by atoms with Gasteiger partial charge in [-0.1, -0.05) is 60.7 Å². The maximum atomic E-state index is 7.08. The number of hydrogen-bond donors (Lipinski definition) is 1. The Balaban J connectivity index is 0.000000608. The summed E-state index contributed by atoms with van der Waals surface area (Å²) in [6, 6.07) is 19.7. The Morgan fingerprint density at radius 2 is 1.24 bits per heavy atom. The minimum absolute atomic E-state index is 0. The molecule has 0 saturated heterocycles. The van der Waals surface area contributed by atoms with Crippen LogP contribution in [0.3, 0.4) is 0 Å². The van der Waals surface area contributed by atoms with Crippen LogP contribution in [0.25, 0.3) is 27.5 Å². The fraction of sp³-hybridized carbons (Fsp3) is 0.269. The Labute approximate surface area is 225 Å². The summed E-state index contributed by atoms with van der Waals surface area (Å²) in [5.41, 5.74) is 6.78. The molecule has 34 heavy (non-hydrogen) atoms. The molecule has 2 heterocycles. The Morgan fingerprint density at radius 1 is 0.824 bits per heavy atom. The van der Waals surface area contributed by atoms with Crippen LogP contribution in [0.1, 0.15) is 40.9 Å². The van der Waals surface area contributed by atoms with Gasteiger partial charge in [0, 0.05) is 31.5 Å². The SMILES string of the molecule is CC(C)(CN)c1ncc(-c2ccccc2)o1.[AlH3].[C-]#[N+]C(C)(C)c1ncc(-c2ccccc2)o1.[H-].[Li+]. The zero-order valence-electron chi connectivity index (χ0n) is 20.9. The van der Waals surface area contributed by atoms with Crippen molar-refractivity contribution in [3.63, 3.8) is 0 Å². The molecule has 4 rings (SSSR count). The molecular formula is C26H32AlLiN4O2. The predicted molar refractivity (Wildman–Crippen MR) is 137 cm³/mol. The molecule has 8 heteroatoms. The van der Waals surface area contributed by atoms with E-state index in [1.807, 2.05) is 74.5 Å². The molecule has 0 aliphatic heterocycles. The van der Waals surface area contributed by atoms with Gasteiger partial charge < -0.3 is 20.8 Å². The molecule has 2 aromatic heterocycles. The Bertz CT molecular complexity index is 1190. The second kappa shape index (κ2) is 12.8. The molecule has 0 saturated carbocycles. The molecule has 0 atom stereocenters. The summed E-state index contributed by atoms with van der Waals surface area (Å²) < 4.78 is 11.3. The van der Waals surface area contributed by atoms with E-state index in [1.165, 1.54) is 0 Å². The van der Waals surface area contributed by atoms with Gasteiger partial charge in [-0.2, -0.15) is 0 Å². The molecule has 0 spiro atoms. The third-order valence-electron chi connectivity index (χ3n) is 5.02. The van der Waals surface area contributed by atoms with Gasteiger partial charge in [0.25, 0.3) is 5.89 Å². The molecular weight excluding hydrogens is 434 g/mol. The van der Waals surface area contributed by atoms with Crippen molar-refractivity contribution in [2.24, 2.45) is 5.73 Å². The van der Waals surface area contributed by atoms with Crippen LogP contribution in [-0.2, 0) is 11.0 Å². The Morgan fingerprint density at radius 3 is 1.65 bits per heavy atom. The summed E-state index contributed by atoms with van der Waals surface area (Å²) in [6.07, 6.45) is 3.42. The Kier molecular flexibility index (Phi) is 11.1. The molecule has 4 aromatic rings. The van der Waals surface area contributed by atoms with Gasteiger partial charge in [-0.25, -0.2) is 16.5 Å². The van der Waals surface area contributed by atoms with Crippen molar-refractivity contribution >= 4 is 17.4 Å². The van der Waals surface area contributed by atoms with Crippen molar-refractivity contribution in [2.45, 2.75) is 38.6 Å². The number of benzene rings is 2. The van der Waals surface area contributed by atoms with Crippen LogP contribution in [0, 0.1) is 6.57 Å². The summed E-state index contributed by atoms with van der Waals surface area (Å²) in [5.74, 6) is 2.64. The van der Waals surface area contributed by atoms with E-state index in [2.05, 4.69) is 14.8 Å². The molecule has 0 unspecified atom stereocenters. The third-order valence-corrected chi connectivity index (χ3v) is 5.02. The molecule has 2 N–H and O–H groups in total. The largest absolute Gasteiger partial charge is 1.00 e. The van der Waals surface area contributed by atoms with Crippen LogP contribution >= 0.6 is 0 Å². The van der Waals surface area contributed by atoms with E-state index >= 15 is 0 Å². The normalized spacial score (nSPS) is 10.7. The number of oxazole rings is 2. The maximum absolute atomic E-state index is 7.08. The molecule has 172 valence electrons. The van der Waals surface area contributed by atoms with E-state index in [9.17, 15) is 0 Å². The van der Waals surface area contributed by atoms with Gasteiger partial charge in [0.1, 0.15) is 0 Å². The van der Waals surface area contributed by atoms with Crippen LogP contribution in [0.2, 0.25) is 0 Å². The first kappa shape index (κ1) is 29.5. The summed E-state index contributed by atoms with van der Waals surface area (Å²) >= 11 is 0. The zero-order chi connectivity index (χ0) is 23.2. The summed E-state index contributed by atoms with van der Waals surface area (Å²) in [5, 5.41) is 0. The minimum Gasteiger partial charge on any atom is -1.00 e. The monoisotopic (exact) mass is 466 g/mol. The molecule has 0 amide bonds. The number of rotatable bonds is 5. The van der Waals surface area contributed by atoms with Gasteiger partial charge in [-0.3, -0.25) is 0 Å². The van der Waals surface area contributed by atoms with E-state index in [4.69, 9.17) is 21.1 Å². The van der Waals surface area contributed by atoms with E-state index < -0.39 is 5.54 Å². The van der Waals surface area contributed by atoms with E-state index in [0.29, 0.717) is 24.1 Å². The van der Waals surface area contributed by atoms with Crippen LogP contribution in [-0.4, -0.2) is 33.9 Å². The topological polar surface area (TPSA) is 82.4 Å². The van der Waals surface area contributed by atoms with Crippen molar-refractivity contribution < 1.29 is 29.1 Å². The molecule has 0 aliphatic rings. The maximum Gasteiger partial charge on any atom is 1.00 e. The second-order valence-corrected chi connectivity index (χ2v) is 8.55. The summed E-state index contributed by atoms with van der Waals surface area (Å²) in [4.78, 5) is 11.9. The van der Waals surface area contributed by atoms with Crippen molar-refractivity contribution in [3.05, 3.63) is 96.3 Å². The fourth-order valence-electron chi connectivity index (χ4n) is 2.75. The average molecular weight is 466 g/mol. The van der Waals surface area contributed by atoms with Gasteiger partial charge in [0.2, 0.25) is 5.89 Å². The first-order valence-corrected chi connectivity index (χ1v) is 10.4. The smallest absolute Gasteiger partial charge is 1.00 e. The minimum atomic E-state index is -0.701. The van der Waals surface area contributed by atoms with Crippen LogP contribution in [0.15, 0.2) is 81.9 Å². The van der Waals surface area contributed by atoms with Gasteiger partial charge in [0.15, 0.2) is 28.9 Å². The molecule has 2 aromatic carbocycles. The number of nitrogens with zero attached hydrogens (tertiary/aromatic N) is 3. The van der Waals surface area contributed by atoms with E-state index in [0.717, 1.165) is 16.9 Å². The van der Waals surface area contributed by atoms with Crippen LogP contribution < -0.4 is 24.6 Å². The van der Waals surface area contributed by atoms with Gasteiger partial charge >= 0.3 is 24.4 Å². The van der Waals surface area contributed by atoms with Crippen LogP contribution in [0.5, 0.6) is 0 Å². The van der Waals surface area contributed by atoms with Crippen molar-refractivity contribution in [1.29, 1.82) is 0 Å². The Hall–Kier alpha value is -2.56. The van der Waals surface area contributed by atoms with Crippen LogP contribution in [0.4, 0.5) is 0 Å². The van der Waals surface area contributed by atoms with E-state index in [1.54, 1.807) is 26.2 Å². The molecule has 0 bridgehead atoms. The predicted octanol–water partition coefficient (Wildman–Crippen LogP) is 2.01. The summed E-state index contributed by atoms with van der Waals surface area (Å²) in [6.45, 7) is 15.2. The molecule has 0 fully saturated rings. The van der Waals surface area contributed by atoms with Crippen molar-refractivity contribution in [1.82, 2.24) is 9.97 Å². The van der Waals surface area contributed by atoms with E-state index in [-0.39, 0.29) is 43.1 Å².